The Morgan fingerprint density at radius 1 is 1.69 bits per heavy atom. The second kappa shape index (κ2) is 3.77. The van der Waals surface area contributed by atoms with Crippen LogP contribution in [0.1, 0.15) is 32.6 Å². The van der Waals surface area contributed by atoms with Crippen molar-refractivity contribution in [1.29, 1.82) is 0 Å². The van der Waals surface area contributed by atoms with Crippen LogP contribution in [0.5, 0.6) is 0 Å². The SMILES string of the molecule is C=CCC1(C)CCC/C(=C/O)C1=O. The standard InChI is InChI=1S/C11H16O2/c1-3-6-11(2)7-4-5-9(8-12)10(11)13/h3,8,12H,1,4-7H2,2H3/b9-8-. The molecule has 72 valence electrons. The molecule has 2 nitrogen and oxygen atoms in total. The van der Waals surface area contributed by atoms with Crippen molar-refractivity contribution in [3.05, 3.63) is 24.5 Å². The van der Waals surface area contributed by atoms with Gasteiger partial charge >= 0.3 is 0 Å². The van der Waals surface area contributed by atoms with Crippen molar-refractivity contribution in [2.75, 3.05) is 0 Å². The van der Waals surface area contributed by atoms with Gasteiger partial charge in [-0.25, -0.2) is 0 Å². The van der Waals surface area contributed by atoms with Crippen LogP contribution in [0.25, 0.3) is 0 Å². The Bertz CT molecular complexity index is 253. The molecule has 0 aromatic rings. The van der Waals surface area contributed by atoms with E-state index in [0.29, 0.717) is 18.4 Å². The molecule has 2 heteroatoms. The van der Waals surface area contributed by atoms with Crippen LogP contribution in [0, 0.1) is 5.41 Å². The van der Waals surface area contributed by atoms with Crippen LogP contribution in [-0.2, 0) is 4.79 Å². The number of hydrogen-bond donors (Lipinski definition) is 1. The van der Waals surface area contributed by atoms with Crippen LogP contribution in [0.15, 0.2) is 24.5 Å². The number of ketones is 1. The molecule has 1 atom stereocenters. The number of carbonyl (C=O) groups is 1. The van der Waals surface area contributed by atoms with Gasteiger partial charge in [0.15, 0.2) is 5.78 Å². The molecule has 1 unspecified atom stereocenters. The number of rotatable bonds is 2. The van der Waals surface area contributed by atoms with Gasteiger partial charge < -0.3 is 5.11 Å². The first-order valence-corrected chi connectivity index (χ1v) is 4.63. The van der Waals surface area contributed by atoms with E-state index in [1.807, 2.05) is 6.92 Å². The average molecular weight is 180 g/mol. The van der Waals surface area contributed by atoms with E-state index in [2.05, 4.69) is 6.58 Å². The second-order valence-electron chi connectivity index (χ2n) is 3.89. The lowest BCUT2D eigenvalue weighted by Gasteiger charge is -2.31. The minimum atomic E-state index is -0.325. The highest BCUT2D eigenvalue weighted by atomic mass is 16.2. The fourth-order valence-electron chi connectivity index (χ4n) is 1.92. The maximum Gasteiger partial charge on any atom is 0.168 e. The third-order valence-corrected chi connectivity index (χ3v) is 2.77. The summed E-state index contributed by atoms with van der Waals surface area (Å²) in [5, 5.41) is 8.85. The summed E-state index contributed by atoms with van der Waals surface area (Å²) in [7, 11) is 0. The molecule has 0 saturated heterocycles. The van der Waals surface area contributed by atoms with Gasteiger partial charge in [-0.05, 0) is 25.7 Å². The summed E-state index contributed by atoms with van der Waals surface area (Å²) in [6.07, 6.45) is 6.02. The Morgan fingerprint density at radius 3 is 2.92 bits per heavy atom. The summed E-state index contributed by atoms with van der Waals surface area (Å²) in [6.45, 7) is 5.60. The van der Waals surface area contributed by atoms with Crippen LogP contribution < -0.4 is 0 Å². The summed E-state index contributed by atoms with van der Waals surface area (Å²) in [5.74, 6) is 0.0844. The topological polar surface area (TPSA) is 37.3 Å². The second-order valence-corrected chi connectivity index (χ2v) is 3.89. The first-order valence-electron chi connectivity index (χ1n) is 4.63. The number of hydrogen-bond acceptors (Lipinski definition) is 2. The lowest BCUT2D eigenvalue weighted by atomic mass is 9.70. The Hall–Kier alpha value is -1.05. The number of aliphatic hydroxyl groups is 1. The van der Waals surface area contributed by atoms with E-state index in [0.717, 1.165) is 19.1 Å². The van der Waals surface area contributed by atoms with E-state index in [-0.39, 0.29) is 11.2 Å². The fraction of sp³-hybridized carbons (Fsp3) is 0.545. The van der Waals surface area contributed by atoms with Crippen molar-refractivity contribution < 1.29 is 9.90 Å². The van der Waals surface area contributed by atoms with Gasteiger partial charge in [0, 0.05) is 11.0 Å². The van der Waals surface area contributed by atoms with Gasteiger partial charge in [-0.3, -0.25) is 4.79 Å². The van der Waals surface area contributed by atoms with E-state index in [9.17, 15) is 4.79 Å². The van der Waals surface area contributed by atoms with Crippen molar-refractivity contribution in [3.8, 4) is 0 Å². The molecule has 1 saturated carbocycles. The fourth-order valence-corrected chi connectivity index (χ4v) is 1.92. The van der Waals surface area contributed by atoms with Gasteiger partial charge in [0.25, 0.3) is 0 Å². The maximum atomic E-state index is 11.8. The average Bonchev–Trinajstić information content (AvgIpc) is 2.11. The first kappa shape index (κ1) is 10.0. The molecule has 0 aromatic heterocycles. The Balaban J connectivity index is 2.87. The van der Waals surface area contributed by atoms with E-state index < -0.39 is 0 Å². The van der Waals surface area contributed by atoms with Crippen LogP contribution in [0.2, 0.25) is 0 Å². The number of carbonyl (C=O) groups excluding carboxylic acids is 1. The minimum Gasteiger partial charge on any atom is -0.515 e. The number of Topliss-reactive ketones (excluding diaryl/α,β-unsaturated/α-hetero) is 1. The summed E-state index contributed by atoms with van der Waals surface area (Å²) in [6, 6.07) is 0. The summed E-state index contributed by atoms with van der Waals surface area (Å²) in [4.78, 5) is 11.8. The Labute approximate surface area is 79.0 Å². The molecule has 1 aliphatic rings. The van der Waals surface area contributed by atoms with E-state index in [1.165, 1.54) is 0 Å². The smallest absolute Gasteiger partial charge is 0.168 e. The quantitative estimate of drug-likeness (QED) is 0.403. The normalized spacial score (nSPS) is 32.1. The molecule has 0 amide bonds. The molecule has 0 spiro atoms. The zero-order chi connectivity index (χ0) is 9.90. The van der Waals surface area contributed by atoms with Gasteiger partial charge in [-0.2, -0.15) is 0 Å². The monoisotopic (exact) mass is 180 g/mol. The van der Waals surface area contributed by atoms with Gasteiger partial charge in [0.05, 0.1) is 6.26 Å². The predicted molar refractivity (Wildman–Crippen MR) is 52.5 cm³/mol. The largest absolute Gasteiger partial charge is 0.515 e. The molecule has 0 bridgehead atoms. The van der Waals surface area contributed by atoms with Crippen LogP contribution in [-0.4, -0.2) is 10.9 Å². The van der Waals surface area contributed by atoms with Gasteiger partial charge in [-0.15, -0.1) is 6.58 Å². The van der Waals surface area contributed by atoms with Crippen LogP contribution in [0.4, 0.5) is 0 Å². The highest BCUT2D eigenvalue weighted by Crippen LogP contribution is 2.38. The zero-order valence-electron chi connectivity index (χ0n) is 8.05. The minimum absolute atomic E-state index is 0.0844. The molecule has 13 heavy (non-hydrogen) atoms. The molecule has 1 N–H and O–H groups in total. The van der Waals surface area contributed by atoms with E-state index in [4.69, 9.17) is 5.11 Å². The highest BCUT2D eigenvalue weighted by molar-refractivity contribution is 6.00. The molecule has 0 heterocycles. The molecular formula is C11H16O2. The summed E-state index contributed by atoms with van der Waals surface area (Å²) < 4.78 is 0. The van der Waals surface area contributed by atoms with Crippen molar-refractivity contribution in [3.63, 3.8) is 0 Å². The highest BCUT2D eigenvalue weighted by Gasteiger charge is 2.36. The van der Waals surface area contributed by atoms with Crippen molar-refractivity contribution >= 4 is 5.78 Å². The lowest BCUT2D eigenvalue weighted by molar-refractivity contribution is -0.125. The molecule has 1 aliphatic carbocycles. The molecule has 0 aromatic carbocycles. The van der Waals surface area contributed by atoms with Crippen molar-refractivity contribution in [1.82, 2.24) is 0 Å². The maximum absolute atomic E-state index is 11.8. The third kappa shape index (κ3) is 1.82. The molecule has 0 radical (unpaired) electrons. The van der Waals surface area contributed by atoms with Crippen molar-refractivity contribution in [2.45, 2.75) is 32.6 Å². The van der Waals surface area contributed by atoms with Crippen LogP contribution in [0.3, 0.4) is 0 Å². The summed E-state index contributed by atoms with van der Waals surface area (Å²) in [5.41, 5.74) is 0.241. The van der Waals surface area contributed by atoms with E-state index in [1.54, 1.807) is 6.08 Å². The molecule has 1 fully saturated rings. The van der Waals surface area contributed by atoms with Gasteiger partial charge in [0.1, 0.15) is 0 Å². The molecule has 0 aliphatic heterocycles. The summed E-state index contributed by atoms with van der Waals surface area (Å²) >= 11 is 0. The molecule has 1 rings (SSSR count). The number of allylic oxidation sites excluding steroid dienone is 2. The van der Waals surface area contributed by atoms with Gasteiger partial charge in [-0.1, -0.05) is 13.0 Å². The molecular weight excluding hydrogens is 164 g/mol. The zero-order valence-corrected chi connectivity index (χ0v) is 8.05. The van der Waals surface area contributed by atoms with Gasteiger partial charge in [0.2, 0.25) is 0 Å². The number of aliphatic hydroxyl groups excluding tert-OH is 1. The third-order valence-electron chi connectivity index (χ3n) is 2.77. The Kier molecular flexibility index (Phi) is 2.91. The predicted octanol–water partition coefficient (Wildman–Crippen LogP) is 2.76. The van der Waals surface area contributed by atoms with Crippen molar-refractivity contribution in [2.24, 2.45) is 5.41 Å². The Morgan fingerprint density at radius 2 is 2.38 bits per heavy atom. The van der Waals surface area contributed by atoms with Crippen LogP contribution >= 0.6 is 0 Å². The first-order chi connectivity index (χ1) is 6.14. The lowest BCUT2D eigenvalue weighted by Crippen LogP contribution is -2.32. The van der Waals surface area contributed by atoms with E-state index >= 15 is 0 Å².